The predicted octanol–water partition coefficient (Wildman–Crippen LogP) is 4.42. The number of pyridine rings is 2. The van der Waals surface area contributed by atoms with Gasteiger partial charge in [0.05, 0.1) is 17.7 Å². The van der Waals surface area contributed by atoms with Crippen LogP contribution in [-0.4, -0.2) is 15.9 Å². The number of carbonyl (C=O) groups excluding carboxylic acids is 1. The Morgan fingerprint density at radius 1 is 1.00 bits per heavy atom. The lowest BCUT2D eigenvalue weighted by atomic mass is 10.00. The summed E-state index contributed by atoms with van der Waals surface area (Å²) in [6.07, 6.45) is 3.21. The third-order valence-corrected chi connectivity index (χ3v) is 4.71. The molecule has 0 saturated heterocycles. The fourth-order valence-electron chi connectivity index (χ4n) is 3.34. The van der Waals surface area contributed by atoms with E-state index in [1.165, 1.54) is 12.1 Å². The van der Waals surface area contributed by atoms with Crippen LogP contribution >= 0.6 is 0 Å². The fourth-order valence-corrected chi connectivity index (χ4v) is 3.34. The van der Waals surface area contributed by atoms with Gasteiger partial charge in [0.2, 0.25) is 5.91 Å². The topological polar surface area (TPSA) is 54.9 Å². The summed E-state index contributed by atoms with van der Waals surface area (Å²) in [7, 11) is 0. The first-order chi connectivity index (χ1) is 13.9. The van der Waals surface area contributed by atoms with Gasteiger partial charge in [-0.25, -0.2) is 0 Å². The Labute approximate surface area is 165 Å². The molecule has 0 saturated carbocycles. The number of benzene rings is 1. The second kappa shape index (κ2) is 7.50. The Kier molecular flexibility index (Phi) is 4.88. The molecule has 4 nitrogen and oxygen atoms in total. The molecule has 2 aromatic heterocycles. The van der Waals surface area contributed by atoms with E-state index in [2.05, 4.69) is 15.3 Å². The van der Waals surface area contributed by atoms with Gasteiger partial charge >= 0.3 is 6.18 Å². The first-order valence-electron chi connectivity index (χ1n) is 8.96. The Hall–Kier alpha value is -3.48. The number of fused-ring (bicyclic) bond motifs is 1. The highest BCUT2D eigenvalue weighted by Crippen LogP contribution is 2.34. The molecule has 0 atom stereocenters. The van der Waals surface area contributed by atoms with E-state index in [1.807, 2.05) is 24.3 Å². The number of hydrogen-bond donors (Lipinski definition) is 1. The maximum Gasteiger partial charge on any atom is 0.416 e. The summed E-state index contributed by atoms with van der Waals surface area (Å²) in [5.74, 6) is -0.298. The summed E-state index contributed by atoms with van der Waals surface area (Å²) >= 11 is 0. The number of amides is 1. The van der Waals surface area contributed by atoms with Gasteiger partial charge in [-0.05, 0) is 47.0 Å². The number of carbonyl (C=O) groups is 1. The zero-order valence-electron chi connectivity index (χ0n) is 15.2. The Morgan fingerprint density at radius 3 is 2.41 bits per heavy atom. The van der Waals surface area contributed by atoms with Crippen molar-refractivity contribution in [2.75, 3.05) is 0 Å². The molecule has 1 aliphatic carbocycles. The van der Waals surface area contributed by atoms with Crippen LogP contribution in [0.4, 0.5) is 13.2 Å². The van der Waals surface area contributed by atoms with Crippen LogP contribution in [0.15, 0.2) is 67.1 Å². The number of nitrogens with one attached hydrogen (secondary N) is 1. The highest BCUT2D eigenvalue weighted by atomic mass is 19.4. The maximum absolute atomic E-state index is 12.7. The minimum Gasteiger partial charge on any atom is -0.325 e. The van der Waals surface area contributed by atoms with Crippen LogP contribution in [0.1, 0.15) is 22.4 Å². The van der Waals surface area contributed by atoms with Gasteiger partial charge in [-0.3, -0.25) is 14.8 Å². The van der Waals surface area contributed by atoms with Crippen LogP contribution in [0.25, 0.3) is 16.8 Å². The van der Waals surface area contributed by atoms with Gasteiger partial charge in [-0.2, -0.15) is 13.2 Å². The van der Waals surface area contributed by atoms with E-state index in [0.717, 1.165) is 34.5 Å². The molecule has 146 valence electrons. The lowest BCUT2D eigenvalue weighted by molar-refractivity contribution is -0.137. The number of allylic oxidation sites excluding steroid dienone is 1. The van der Waals surface area contributed by atoms with E-state index in [9.17, 15) is 18.0 Å². The van der Waals surface area contributed by atoms with Gasteiger partial charge in [0.15, 0.2) is 0 Å². The molecule has 0 fully saturated rings. The maximum atomic E-state index is 12.7. The second-order valence-corrected chi connectivity index (χ2v) is 6.66. The van der Waals surface area contributed by atoms with Crippen molar-refractivity contribution in [3.63, 3.8) is 0 Å². The van der Waals surface area contributed by atoms with Crippen LogP contribution in [0.2, 0.25) is 0 Å². The molecular weight excluding hydrogens is 379 g/mol. The first kappa shape index (κ1) is 18.9. The molecule has 1 amide bonds. The Balaban J connectivity index is 1.52. The predicted molar refractivity (Wildman–Crippen MR) is 102 cm³/mol. The number of alkyl halides is 3. The lowest BCUT2D eigenvalue weighted by Gasteiger charge is -2.13. The van der Waals surface area contributed by atoms with Crippen molar-refractivity contribution in [2.24, 2.45) is 0 Å². The smallest absolute Gasteiger partial charge is 0.325 e. The highest BCUT2D eigenvalue weighted by molar-refractivity contribution is 5.93. The fraction of sp³-hybridized carbons (Fsp3) is 0.136. The third kappa shape index (κ3) is 4.03. The average Bonchev–Trinajstić information content (AvgIpc) is 3.11. The standard InChI is InChI=1S/C22H16F3N3O/c23-22(24,25)16-3-1-14(2-4-16)13-20(29)28-19-6-5-18-21(19)17(9-12-27-18)15-7-10-26-11-8-15/h1-4,6-12H,5,13H2,(H,28,29). The molecule has 0 aliphatic heterocycles. The summed E-state index contributed by atoms with van der Waals surface area (Å²) in [4.78, 5) is 20.9. The van der Waals surface area contributed by atoms with E-state index in [1.54, 1.807) is 18.6 Å². The Bertz CT molecular complexity index is 1070. The zero-order valence-corrected chi connectivity index (χ0v) is 15.2. The number of aromatic nitrogens is 2. The summed E-state index contributed by atoms with van der Waals surface area (Å²) in [5, 5.41) is 2.88. The number of hydrogen-bond acceptors (Lipinski definition) is 3. The second-order valence-electron chi connectivity index (χ2n) is 6.66. The molecule has 0 unspecified atom stereocenters. The molecule has 29 heavy (non-hydrogen) atoms. The molecule has 0 radical (unpaired) electrons. The van der Waals surface area contributed by atoms with Crippen molar-refractivity contribution >= 4 is 11.6 Å². The largest absolute Gasteiger partial charge is 0.416 e. The van der Waals surface area contributed by atoms with Crippen LogP contribution in [0.3, 0.4) is 0 Å². The van der Waals surface area contributed by atoms with Gasteiger partial charge in [-0.15, -0.1) is 0 Å². The molecule has 1 aromatic carbocycles. The van der Waals surface area contributed by atoms with Crippen molar-refractivity contribution in [3.8, 4) is 11.1 Å². The molecule has 0 spiro atoms. The molecule has 3 aromatic rings. The summed E-state index contributed by atoms with van der Waals surface area (Å²) < 4.78 is 38.0. The SMILES string of the molecule is O=C(Cc1ccc(C(F)(F)F)cc1)NC1=CCc2nccc(-c3ccncc3)c21. The van der Waals surface area contributed by atoms with Crippen molar-refractivity contribution in [1.29, 1.82) is 0 Å². The molecule has 7 heteroatoms. The molecule has 0 bridgehead atoms. The monoisotopic (exact) mass is 395 g/mol. The van der Waals surface area contributed by atoms with Gasteiger partial charge in [-0.1, -0.05) is 18.2 Å². The molecule has 4 rings (SSSR count). The van der Waals surface area contributed by atoms with E-state index in [0.29, 0.717) is 17.7 Å². The Morgan fingerprint density at radius 2 is 1.72 bits per heavy atom. The van der Waals surface area contributed by atoms with Crippen LogP contribution in [0, 0.1) is 0 Å². The number of halogens is 3. The van der Waals surface area contributed by atoms with E-state index in [4.69, 9.17) is 0 Å². The van der Waals surface area contributed by atoms with Gasteiger partial charge in [0, 0.05) is 36.3 Å². The summed E-state index contributed by atoms with van der Waals surface area (Å²) in [6.45, 7) is 0. The first-order valence-corrected chi connectivity index (χ1v) is 8.96. The summed E-state index contributed by atoms with van der Waals surface area (Å²) in [6, 6.07) is 10.3. The van der Waals surface area contributed by atoms with Gasteiger partial charge in [0.1, 0.15) is 0 Å². The minimum absolute atomic E-state index is 0.0182. The molecular formula is C22H16F3N3O. The lowest BCUT2D eigenvalue weighted by Crippen LogP contribution is -2.23. The van der Waals surface area contributed by atoms with Crippen molar-refractivity contribution < 1.29 is 18.0 Å². The van der Waals surface area contributed by atoms with Gasteiger partial charge in [0.25, 0.3) is 0 Å². The third-order valence-electron chi connectivity index (χ3n) is 4.71. The minimum atomic E-state index is -4.39. The normalized spacial score (nSPS) is 13.0. The van der Waals surface area contributed by atoms with Crippen LogP contribution in [0.5, 0.6) is 0 Å². The van der Waals surface area contributed by atoms with Crippen LogP contribution in [-0.2, 0) is 23.8 Å². The highest BCUT2D eigenvalue weighted by Gasteiger charge is 2.30. The van der Waals surface area contributed by atoms with Crippen LogP contribution < -0.4 is 5.32 Å². The van der Waals surface area contributed by atoms with Crippen molar-refractivity contribution in [1.82, 2.24) is 15.3 Å². The van der Waals surface area contributed by atoms with Crippen molar-refractivity contribution in [3.05, 3.63) is 89.5 Å². The molecule has 1 aliphatic rings. The average molecular weight is 395 g/mol. The number of rotatable bonds is 4. The quantitative estimate of drug-likeness (QED) is 0.712. The number of nitrogens with zero attached hydrogens (tertiary/aromatic N) is 2. The van der Waals surface area contributed by atoms with E-state index >= 15 is 0 Å². The van der Waals surface area contributed by atoms with E-state index < -0.39 is 11.7 Å². The summed E-state index contributed by atoms with van der Waals surface area (Å²) in [5.41, 5.74) is 4.07. The van der Waals surface area contributed by atoms with Gasteiger partial charge < -0.3 is 5.32 Å². The van der Waals surface area contributed by atoms with E-state index in [-0.39, 0.29) is 12.3 Å². The molecule has 1 N–H and O–H groups in total. The molecule has 2 heterocycles. The van der Waals surface area contributed by atoms with Crippen molar-refractivity contribution in [2.45, 2.75) is 19.0 Å². The zero-order chi connectivity index (χ0) is 20.4.